The molecule has 0 fully saturated rings. The normalized spacial score (nSPS) is 14.6. The van der Waals surface area contributed by atoms with Crippen LogP contribution < -0.4 is 4.72 Å². The Morgan fingerprint density at radius 3 is 1.14 bits per heavy atom. The molecule has 0 heterocycles. The summed E-state index contributed by atoms with van der Waals surface area (Å²) >= 11 is 0. The van der Waals surface area contributed by atoms with Gasteiger partial charge in [0.05, 0.1) is 0 Å². The second-order valence-electron chi connectivity index (χ2n) is 1.95. The molecule has 0 aromatic carbocycles. The molecular weight excluding hydrogens is 266 g/mol. The Kier molecular flexibility index (Phi) is 3.60. The third-order valence-corrected chi connectivity index (χ3v) is 4.40. The Morgan fingerprint density at radius 1 is 0.786 bits per heavy atom. The van der Waals surface area contributed by atoms with E-state index in [9.17, 15) is 25.3 Å². The average molecular weight is 271 g/mol. The third-order valence-electron chi connectivity index (χ3n) is 0.786. The van der Waals surface area contributed by atoms with Crippen molar-refractivity contribution in [3.63, 3.8) is 0 Å². The molecule has 0 aromatic heterocycles. The molecule has 13 heteroatoms. The summed E-state index contributed by atoms with van der Waals surface area (Å²) in [6.45, 7) is 0. The quantitative estimate of drug-likeness (QED) is 0.400. The van der Waals surface area contributed by atoms with Crippen LogP contribution in [0.1, 0.15) is 0 Å². The molecular formula is CH5NO9S3. The minimum Gasteiger partial charge on any atom is -0.283 e. The molecule has 86 valence electrons. The highest BCUT2D eigenvalue weighted by molar-refractivity contribution is 8.04. The van der Waals surface area contributed by atoms with Crippen LogP contribution in [0, 0.1) is 0 Å². The van der Waals surface area contributed by atoms with Gasteiger partial charge in [-0.15, -0.1) is 0 Å². The molecule has 0 unspecified atom stereocenters. The highest BCUT2D eigenvalue weighted by Gasteiger charge is 2.38. The summed E-state index contributed by atoms with van der Waals surface area (Å²) in [7, 11) is -16.1. The minimum atomic E-state index is -5.44. The largest absolute Gasteiger partial charge is 0.335 e. The Hall–Kier alpha value is -0.310. The van der Waals surface area contributed by atoms with Crippen LogP contribution in [-0.2, 0) is 30.5 Å². The van der Waals surface area contributed by atoms with E-state index in [1.54, 1.807) is 0 Å². The molecule has 14 heavy (non-hydrogen) atoms. The van der Waals surface area contributed by atoms with Crippen LogP contribution >= 0.6 is 0 Å². The van der Waals surface area contributed by atoms with E-state index >= 15 is 0 Å². The summed E-state index contributed by atoms with van der Waals surface area (Å²) in [6, 6.07) is 0. The van der Waals surface area contributed by atoms with Gasteiger partial charge >= 0.3 is 10.3 Å². The first-order valence-electron chi connectivity index (χ1n) is 2.51. The number of nitrogens with one attached hydrogen (secondary N) is 1. The average Bonchev–Trinajstić information content (AvgIpc) is 1.75. The van der Waals surface area contributed by atoms with Gasteiger partial charge in [-0.05, 0) is 0 Å². The summed E-state index contributed by atoms with van der Waals surface area (Å²) in [4.78, 5) is 0. The second kappa shape index (κ2) is 3.69. The van der Waals surface area contributed by atoms with E-state index in [4.69, 9.17) is 13.7 Å². The molecule has 0 rings (SSSR count). The molecule has 0 amide bonds. The van der Waals surface area contributed by atoms with Crippen molar-refractivity contribution < 1.29 is 38.9 Å². The zero-order chi connectivity index (χ0) is 11.8. The molecule has 0 bridgehead atoms. The van der Waals surface area contributed by atoms with Gasteiger partial charge in [0.1, 0.15) is 0 Å². The van der Waals surface area contributed by atoms with Gasteiger partial charge in [-0.2, -0.15) is 30.0 Å². The molecule has 0 radical (unpaired) electrons. The zero-order valence-corrected chi connectivity index (χ0v) is 8.54. The van der Waals surface area contributed by atoms with Gasteiger partial charge in [0.25, 0.3) is 24.9 Å². The summed E-state index contributed by atoms with van der Waals surface area (Å²) in [5.41, 5.74) is 0. The Balaban J connectivity index is 5.41. The maximum Gasteiger partial charge on any atom is 0.335 e. The van der Waals surface area contributed by atoms with Gasteiger partial charge in [0.15, 0.2) is 0 Å². The first kappa shape index (κ1) is 13.7. The Labute approximate surface area is 79.3 Å². The molecule has 10 nitrogen and oxygen atoms in total. The first-order chi connectivity index (χ1) is 5.84. The van der Waals surface area contributed by atoms with Crippen LogP contribution in [0.15, 0.2) is 0 Å². The molecule has 0 spiro atoms. The summed E-state index contributed by atoms with van der Waals surface area (Å²) < 4.78 is 82.7. The standard InChI is InChI=1S/CH5NO9S3/c3-12(4,5)1(13(6,7)8)2-14(9,10)11/h1-2H,(H,3,4,5)(H,6,7,8)(H,9,10,11). The highest BCUT2D eigenvalue weighted by Crippen LogP contribution is 2.03. The van der Waals surface area contributed by atoms with Crippen molar-refractivity contribution in [1.29, 1.82) is 0 Å². The van der Waals surface area contributed by atoms with E-state index in [2.05, 4.69) is 0 Å². The van der Waals surface area contributed by atoms with Crippen molar-refractivity contribution in [3.8, 4) is 0 Å². The molecule has 0 aliphatic carbocycles. The maximum absolute atomic E-state index is 10.2. The van der Waals surface area contributed by atoms with Crippen molar-refractivity contribution in [3.05, 3.63) is 0 Å². The lowest BCUT2D eigenvalue weighted by Crippen LogP contribution is -2.45. The SMILES string of the molecule is O=S(=O)(O)NC(S(=O)(=O)O)S(=O)(=O)O. The van der Waals surface area contributed by atoms with E-state index in [-0.39, 0.29) is 0 Å². The second-order valence-corrected chi connectivity index (χ2v) is 6.44. The fourth-order valence-corrected chi connectivity index (χ4v) is 3.57. The van der Waals surface area contributed by atoms with Crippen LogP contribution in [-0.4, -0.2) is 43.6 Å². The van der Waals surface area contributed by atoms with Crippen LogP contribution in [0.5, 0.6) is 0 Å². The molecule has 0 aromatic rings. The topological polar surface area (TPSA) is 175 Å². The summed E-state index contributed by atoms with van der Waals surface area (Å²) in [6.07, 6.45) is 0. The first-order valence-corrected chi connectivity index (χ1v) is 6.96. The van der Waals surface area contributed by atoms with E-state index in [1.807, 2.05) is 0 Å². The Morgan fingerprint density at radius 2 is 1.07 bits per heavy atom. The van der Waals surface area contributed by atoms with Gasteiger partial charge in [0.2, 0.25) is 0 Å². The van der Waals surface area contributed by atoms with Gasteiger partial charge < -0.3 is 0 Å². The van der Waals surface area contributed by atoms with E-state index < -0.39 is 35.2 Å². The number of hydrogen-bond donors (Lipinski definition) is 4. The summed E-state index contributed by atoms with van der Waals surface area (Å²) in [5.74, 6) is 0. The monoisotopic (exact) mass is 271 g/mol. The maximum atomic E-state index is 10.2. The van der Waals surface area contributed by atoms with Crippen LogP contribution in [0.2, 0.25) is 0 Å². The van der Waals surface area contributed by atoms with Gasteiger partial charge in [-0.3, -0.25) is 13.7 Å². The van der Waals surface area contributed by atoms with Gasteiger partial charge in [-0.1, -0.05) is 0 Å². The van der Waals surface area contributed by atoms with Gasteiger partial charge in [0, 0.05) is 0 Å². The molecule has 0 atom stereocenters. The van der Waals surface area contributed by atoms with Crippen molar-refractivity contribution in [2.45, 2.75) is 4.71 Å². The highest BCUT2D eigenvalue weighted by atomic mass is 32.3. The lowest BCUT2D eigenvalue weighted by molar-refractivity contribution is 0.433. The van der Waals surface area contributed by atoms with Crippen molar-refractivity contribution in [2.24, 2.45) is 0 Å². The predicted molar refractivity (Wildman–Crippen MR) is 41.6 cm³/mol. The molecule has 4 N–H and O–H groups in total. The number of hydrogen-bond acceptors (Lipinski definition) is 6. The minimum absolute atomic E-state index is 0.588. The van der Waals surface area contributed by atoms with E-state index in [0.29, 0.717) is 4.72 Å². The smallest absolute Gasteiger partial charge is 0.283 e. The number of rotatable bonds is 4. The zero-order valence-electron chi connectivity index (χ0n) is 6.09. The fourth-order valence-electron chi connectivity index (χ4n) is 0.397. The third kappa shape index (κ3) is 4.80. The van der Waals surface area contributed by atoms with E-state index in [1.165, 1.54) is 0 Å². The van der Waals surface area contributed by atoms with Crippen molar-refractivity contribution >= 4 is 30.5 Å². The van der Waals surface area contributed by atoms with Crippen molar-refractivity contribution in [1.82, 2.24) is 4.72 Å². The molecule has 0 saturated carbocycles. The lowest BCUT2D eigenvalue weighted by Gasteiger charge is -2.09. The summed E-state index contributed by atoms with van der Waals surface area (Å²) in [5, 5.41) is 0. The van der Waals surface area contributed by atoms with Gasteiger partial charge in [-0.25, -0.2) is 0 Å². The van der Waals surface area contributed by atoms with Crippen LogP contribution in [0.3, 0.4) is 0 Å². The molecule has 0 saturated heterocycles. The van der Waals surface area contributed by atoms with Crippen LogP contribution in [0.25, 0.3) is 0 Å². The van der Waals surface area contributed by atoms with Crippen LogP contribution in [0.4, 0.5) is 0 Å². The molecule has 0 aliphatic rings. The lowest BCUT2D eigenvalue weighted by atomic mass is 11.5. The Bertz CT molecular complexity index is 460. The van der Waals surface area contributed by atoms with Crippen molar-refractivity contribution in [2.75, 3.05) is 0 Å². The van der Waals surface area contributed by atoms with E-state index in [0.717, 1.165) is 0 Å². The molecule has 0 aliphatic heterocycles. The predicted octanol–water partition coefficient (Wildman–Crippen LogP) is -2.56. The fraction of sp³-hybridized carbons (Fsp3) is 1.00.